The van der Waals surface area contributed by atoms with Crippen molar-refractivity contribution in [3.8, 4) is 0 Å². The molecule has 0 aliphatic heterocycles. The van der Waals surface area contributed by atoms with E-state index < -0.39 is 0 Å². The number of hydrogen-bond donors (Lipinski definition) is 1. The highest BCUT2D eigenvalue weighted by Crippen LogP contribution is 2.22. The highest BCUT2D eigenvalue weighted by atomic mass is 32.1. The predicted molar refractivity (Wildman–Crippen MR) is 51.5 cm³/mol. The Labute approximate surface area is 72.9 Å². The molecule has 58 valence electrons. The van der Waals surface area contributed by atoms with Gasteiger partial charge in [-0.3, -0.25) is 0 Å². The maximum Gasteiger partial charge on any atom is 0.124 e. The molecule has 12 heavy (non-hydrogen) atoms. The zero-order valence-corrected chi connectivity index (χ0v) is 7.06. The monoisotopic (exact) mass is 174 g/mol. The van der Waals surface area contributed by atoms with Crippen molar-refractivity contribution in [1.82, 2.24) is 9.97 Å². The van der Waals surface area contributed by atoms with Crippen LogP contribution in [0.25, 0.3) is 21.3 Å². The van der Waals surface area contributed by atoms with Crippen LogP contribution in [0.3, 0.4) is 0 Å². The Morgan fingerprint density at radius 1 is 1.33 bits per heavy atom. The Bertz CT molecular complexity index is 444. The zero-order chi connectivity index (χ0) is 7.97. The first kappa shape index (κ1) is 6.20. The molecule has 0 amide bonds. The van der Waals surface area contributed by atoms with Gasteiger partial charge in [0.25, 0.3) is 0 Å². The second-order valence-electron chi connectivity index (χ2n) is 2.71. The Morgan fingerprint density at radius 3 is 3.33 bits per heavy atom. The number of aromatic amines is 1. The SMILES string of the molecule is c1cc2nc3sccc3cc2[nH]1. The van der Waals surface area contributed by atoms with Crippen molar-refractivity contribution in [1.29, 1.82) is 0 Å². The number of aromatic nitrogens is 2. The molecule has 3 heteroatoms. The van der Waals surface area contributed by atoms with Gasteiger partial charge in [-0.05, 0) is 23.6 Å². The lowest BCUT2D eigenvalue weighted by Crippen LogP contribution is -1.72. The third kappa shape index (κ3) is 0.713. The number of thiophene rings is 1. The van der Waals surface area contributed by atoms with Crippen molar-refractivity contribution in [3.05, 3.63) is 29.8 Å². The molecule has 3 rings (SSSR count). The first-order chi connectivity index (χ1) is 5.93. The van der Waals surface area contributed by atoms with E-state index >= 15 is 0 Å². The summed E-state index contributed by atoms with van der Waals surface area (Å²) < 4.78 is 0. The van der Waals surface area contributed by atoms with Gasteiger partial charge in [0, 0.05) is 11.6 Å². The van der Waals surface area contributed by atoms with E-state index in [1.807, 2.05) is 12.3 Å². The van der Waals surface area contributed by atoms with E-state index in [4.69, 9.17) is 0 Å². The highest BCUT2D eigenvalue weighted by Gasteiger charge is 1.99. The lowest BCUT2D eigenvalue weighted by molar-refractivity contribution is 1.47. The van der Waals surface area contributed by atoms with Gasteiger partial charge in [0.15, 0.2) is 0 Å². The van der Waals surface area contributed by atoms with Gasteiger partial charge >= 0.3 is 0 Å². The minimum absolute atomic E-state index is 1.05. The first-order valence-corrected chi connectivity index (χ1v) is 4.63. The molecule has 0 bridgehead atoms. The van der Waals surface area contributed by atoms with Crippen LogP contribution in [0.15, 0.2) is 29.8 Å². The molecule has 3 heterocycles. The predicted octanol–water partition coefficient (Wildman–Crippen LogP) is 2.78. The number of pyridine rings is 1. The number of rotatable bonds is 0. The molecule has 0 saturated carbocycles. The molecule has 0 aliphatic rings. The van der Waals surface area contributed by atoms with Crippen LogP contribution < -0.4 is 0 Å². The van der Waals surface area contributed by atoms with Gasteiger partial charge in [-0.2, -0.15) is 0 Å². The standard InChI is InChI=1S/C9H6N2S/c1-3-10-8-5-6-2-4-12-9(6)11-7(1)8/h1-5,10H. The van der Waals surface area contributed by atoms with Crippen LogP contribution in [0.1, 0.15) is 0 Å². The Morgan fingerprint density at radius 2 is 2.33 bits per heavy atom. The third-order valence-electron chi connectivity index (χ3n) is 1.95. The fourth-order valence-electron chi connectivity index (χ4n) is 1.36. The molecule has 2 nitrogen and oxygen atoms in total. The van der Waals surface area contributed by atoms with E-state index in [1.54, 1.807) is 11.3 Å². The van der Waals surface area contributed by atoms with Crippen LogP contribution in [0.4, 0.5) is 0 Å². The minimum Gasteiger partial charge on any atom is -0.360 e. The number of fused-ring (bicyclic) bond motifs is 2. The van der Waals surface area contributed by atoms with Gasteiger partial charge in [0.05, 0.1) is 11.0 Å². The number of nitrogens with zero attached hydrogens (tertiary/aromatic N) is 1. The summed E-state index contributed by atoms with van der Waals surface area (Å²) in [4.78, 5) is 8.74. The summed E-state index contributed by atoms with van der Waals surface area (Å²) in [7, 11) is 0. The molecule has 0 radical (unpaired) electrons. The van der Waals surface area contributed by atoms with Crippen molar-refractivity contribution < 1.29 is 0 Å². The van der Waals surface area contributed by atoms with Crippen LogP contribution in [-0.4, -0.2) is 9.97 Å². The normalized spacial score (nSPS) is 11.3. The van der Waals surface area contributed by atoms with Crippen molar-refractivity contribution in [3.63, 3.8) is 0 Å². The highest BCUT2D eigenvalue weighted by molar-refractivity contribution is 7.16. The molecule has 0 fully saturated rings. The fourth-order valence-corrected chi connectivity index (χ4v) is 2.12. The molecule has 3 aromatic rings. The van der Waals surface area contributed by atoms with Gasteiger partial charge in [-0.15, -0.1) is 11.3 Å². The molecule has 0 atom stereocenters. The Balaban J connectivity index is 2.62. The Hall–Kier alpha value is -1.35. The fraction of sp³-hybridized carbons (Fsp3) is 0. The van der Waals surface area contributed by atoms with E-state index in [0.29, 0.717) is 0 Å². The van der Waals surface area contributed by atoms with Crippen LogP contribution >= 0.6 is 11.3 Å². The zero-order valence-electron chi connectivity index (χ0n) is 6.24. The van der Waals surface area contributed by atoms with Gasteiger partial charge < -0.3 is 4.98 Å². The first-order valence-electron chi connectivity index (χ1n) is 3.75. The Kier molecular flexibility index (Phi) is 1.07. The van der Waals surface area contributed by atoms with Gasteiger partial charge in [0.2, 0.25) is 0 Å². The van der Waals surface area contributed by atoms with E-state index in [9.17, 15) is 0 Å². The number of hydrogen-bond acceptors (Lipinski definition) is 2. The molecule has 0 saturated heterocycles. The van der Waals surface area contributed by atoms with Gasteiger partial charge in [-0.25, -0.2) is 4.98 Å². The van der Waals surface area contributed by atoms with Gasteiger partial charge in [0.1, 0.15) is 4.83 Å². The molecule has 1 N–H and O–H groups in total. The molecule has 0 aromatic carbocycles. The molecular weight excluding hydrogens is 168 g/mol. The van der Waals surface area contributed by atoms with Crippen molar-refractivity contribution in [2.45, 2.75) is 0 Å². The van der Waals surface area contributed by atoms with Gasteiger partial charge in [-0.1, -0.05) is 0 Å². The van der Waals surface area contributed by atoms with E-state index in [1.165, 1.54) is 5.39 Å². The van der Waals surface area contributed by atoms with E-state index in [0.717, 1.165) is 15.9 Å². The molecule has 0 spiro atoms. The van der Waals surface area contributed by atoms with Crippen molar-refractivity contribution >= 4 is 32.6 Å². The van der Waals surface area contributed by atoms with Crippen LogP contribution in [0.5, 0.6) is 0 Å². The topological polar surface area (TPSA) is 28.7 Å². The lowest BCUT2D eigenvalue weighted by Gasteiger charge is -1.89. The largest absolute Gasteiger partial charge is 0.360 e. The van der Waals surface area contributed by atoms with Crippen LogP contribution in [-0.2, 0) is 0 Å². The smallest absolute Gasteiger partial charge is 0.124 e. The average Bonchev–Trinajstić information content (AvgIpc) is 2.64. The summed E-state index contributed by atoms with van der Waals surface area (Å²) in [5.74, 6) is 0. The van der Waals surface area contributed by atoms with E-state index in [-0.39, 0.29) is 0 Å². The second-order valence-corrected chi connectivity index (χ2v) is 3.61. The quantitative estimate of drug-likeness (QED) is 0.557. The van der Waals surface area contributed by atoms with Crippen LogP contribution in [0, 0.1) is 0 Å². The molecule has 0 aliphatic carbocycles. The molecule has 3 aromatic heterocycles. The summed E-state index contributed by atoms with van der Waals surface area (Å²) in [6.45, 7) is 0. The average molecular weight is 174 g/mol. The number of H-pyrrole nitrogens is 1. The van der Waals surface area contributed by atoms with Crippen molar-refractivity contribution in [2.75, 3.05) is 0 Å². The lowest BCUT2D eigenvalue weighted by atomic mass is 10.3. The maximum atomic E-state index is 4.48. The molecule has 0 unspecified atom stereocenters. The maximum absolute atomic E-state index is 4.48. The van der Waals surface area contributed by atoms with Crippen molar-refractivity contribution in [2.24, 2.45) is 0 Å². The summed E-state index contributed by atoms with van der Waals surface area (Å²) >= 11 is 1.68. The second kappa shape index (κ2) is 2.08. The molecular formula is C9H6N2S. The summed E-state index contributed by atoms with van der Waals surface area (Å²) in [5, 5.41) is 3.28. The van der Waals surface area contributed by atoms with Crippen LogP contribution in [0.2, 0.25) is 0 Å². The third-order valence-corrected chi connectivity index (χ3v) is 2.77. The number of nitrogens with one attached hydrogen (secondary N) is 1. The summed E-state index contributed by atoms with van der Waals surface area (Å²) in [6, 6.07) is 6.22. The van der Waals surface area contributed by atoms with E-state index in [2.05, 4.69) is 27.5 Å². The summed E-state index contributed by atoms with van der Waals surface area (Å²) in [6.07, 6.45) is 1.92. The summed E-state index contributed by atoms with van der Waals surface area (Å²) in [5.41, 5.74) is 2.16. The minimum atomic E-state index is 1.05.